The molecule has 0 aromatic carbocycles. The van der Waals surface area contributed by atoms with Crippen molar-refractivity contribution >= 4 is 21.9 Å². The molecule has 108 valence electrons. The number of carboxylic acids is 1. The Morgan fingerprint density at radius 3 is 2.47 bits per heavy atom. The van der Waals surface area contributed by atoms with Gasteiger partial charge in [0.25, 0.3) is 0 Å². The Kier molecular flexibility index (Phi) is 5.59. The molecule has 1 aromatic heterocycles. The largest absolute Gasteiger partial charge is 0.481 e. The van der Waals surface area contributed by atoms with Crippen molar-refractivity contribution in [1.29, 1.82) is 0 Å². The minimum absolute atomic E-state index is 0.512. The van der Waals surface area contributed by atoms with Gasteiger partial charge in [-0.15, -0.1) is 0 Å². The van der Waals surface area contributed by atoms with Crippen LogP contribution in [0.2, 0.25) is 0 Å². The summed E-state index contributed by atoms with van der Waals surface area (Å²) >= 11 is 3.58. The molecule has 0 aliphatic rings. The number of rotatable bonds is 7. The molecule has 0 saturated heterocycles. The van der Waals surface area contributed by atoms with Gasteiger partial charge < -0.3 is 5.11 Å². The molecule has 0 aliphatic heterocycles. The summed E-state index contributed by atoms with van der Waals surface area (Å²) in [5.41, 5.74) is 1.27. The van der Waals surface area contributed by atoms with Crippen LogP contribution in [0.25, 0.3) is 0 Å². The average Bonchev–Trinajstić information content (AvgIpc) is 2.66. The summed E-state index contributed by atoms with van der Waals surface area (Å²) in [5.74, 6) is -0.733. The van der Waals surface area contributed by atoms with Gasteiger partial charge in [-0.1, -0.05) is 20.3 Å². The Hall–Kier alpha value is -0.840. The molecule has 1 aromatic rings. The Morgan fingerprint density at radius 1 is 1.42 bits per heavy atom. The van der Waals surface area contributed by atoms with E-state index in [1.807, 2.05) is 25.5 Å². The molecular weight excluding hydrogens is 308 g/mol. The molecule has 1 heterocycles. The predicted molar refractivity (Wildman–Crippen MR) is 79.3 cm³/mol. The number of carboxylic acid groups (broad SMARTS) is 1. The first-order chi connectivity index (χ1) is 8.89. The van der Waals surface area contributed by atoms with Crippen LogP contribution in [-0.2, 0) is 24.2 Å². The van der Waals surface area contributed by atoms with Crippen LogP contribution in [0.5, 0.6) is 0 Å². The number of aryl methyl sites for hydroxylation is 2. The van der Waals surface area contributed by atoms with Gasteiger partial charge in [-0.2, -0.15) is 5.10 Å². The van der Waals surface area contributed by atoms with Crippen LogP contribution in [0.3, 0.4) is 0 Å². The maximum Gasteiger partial charge on any atom is 0.309 e. The van der Waals surface area contributed by atoms with Gasteiger partial charge >= 0.3 is 5.97 Å². The highest BCUT2D eigenvalue weighted by Crippen LogP contribution is 2.33. The summed E-state index contributed by atoms with van der Waals surface area (Å²) in [6.45, 7) is 8.68. The van der Waals surface area contributed by atoms with Crippen molar-refractivity contribution in [3.63, 3.8) is 0 Å². The molecule has 0 fully saturated rings. The summed E-state index contributed by atoms with van der Waals surface area (Å²) in [7, 11) is 0. The molecule has 1 rings (SSSR count). The van der Waals surface area contributed by atoms with E-state index < -0.39 is 11.4 Å². The highest BCUT2D eigenvalue weighted by Gasteiger charge is 2.34. The third-order valence-electron chi connectivity index (χ3n) is 3.57. The van der Waals surface area contributed by atoms with Crippen molar-refractivity contribution < 1.29 is 9.90 Å². The first-order valence-corrected chi connectivity index (χ1v) is 7.66. The second kappa shape index (κ2) is 6.55. The lowest BCUT2D eigenvalue weighted by Crippen LogP contribution is -2.31. The molecule has 0 amide bonds. The van der Waals surface area contributed by atoms with Crippen molar-refractivity contribution in [1.82, 2.24) is 9.78 Å². The Bertz CT molecular complexity index is 457. The molecule has 1 N–H and O–H groups in total. The Morgan fingerprint density at radius 2 is 2.05 bits per heavy atom. The molecule has 1 atom stereocenters. The van der Waals surface area contributed by atoms with E-state index in [9.17, 15) is 9.90 Å². The summed E-state index contributed by atoms with van der Waals surface area (Å²) in [4.78, 5) is 11.6. The maximum absolute atomic E-state index is 11.6. The zero-order valence-electron chi connectivity index (χ0n) is 12.2. The van der Waals surface area contributed by atoms with Gasteiger partial charge in [-0.3, -0.25) is 9.48 Å². The lowest BCUT2D eigenvalue weighted by molar-refractivity contribution is -0.148. The standard InChI is InChI=1S/C14H23BrN2O2/c1-5-8-14(4,13(18)19)9-11-12(15)10(6-2)16-17(11)7-3/h5-9H2,1-4H3,(H,18,19). The Balaban J connectivity index is 3.15. The fourth-order valence-corrected chi connectivity index (χ4v) is 3.08. The van der Waals surface area contributed by atoms with E-state index in [0.29, 0.717) is 12.8 Å². The minimum atomic E-state index is -0.733. The average molecular weight is 331 g/mol. The van der Waals surface area contributed by atoms with Crippen molar-refractivity contribution in [2.75, 3.05) is 0 Å². The third-order valence-corrected chi connectivity index (χ3v) is 4.49. The summed E-state index contributed by atoms with van der Waals surface area (Å²) in [6.07, 6.45) is 2.89. The number of hydrogen-bond donors (Lipinski definition) is 1. The number of aromatic nitrogens is 2. The fourth-order valence-electron chi connectivity index (χ4n) is 2.38. The SMILES string of the molecule is CCCC(C)(Cc1c(Br)c(CC)nn1CC)C(=O)O. The van der Waals surface area contributed by atoms with Gasteiger partial charge in [-0.05, 0) is 42.6 Å². The number of hydrogen-bond acceptors (Lipinski definition) is 2. The smallest absolute Gasteiger partial charge is 0.309 e. The third kappa shape index (κ3) is 3.38. The Labute approximate surface area is 123 Å². The van der Waals surface area contributed by atoms with E-state index in [1.165, 1.54) is 0 Å². The molecule has 19 heavy (non-hydrogen) atoms. The first-order valence-electron chi connectivity index (χ1n) is 6.87. The van der Waals surface area contributed by atoms with Gasteiger partial charge in [0.2, 0.25) is 0 Å². The van der Waals surface area contributed by atoms with E-state index in [-0.39, 0.29) is 0 Å². The minimum Gasteiger partial charge on any atom is -0.481 e. The van der Waals surface area contributed by atoms with E-state index in [2.05, 4.69) is 28.0 Å². The summed E-state index contributed by atoms with van der Waals surface area (Å²) < 4.78 is 2.89. The van der Waals surface area contributed by atoms with E-state index in [1.54, 1.807) is 0 Å². The first kappa shape index (κ1) is 16.2. The number of aliphatic carboxylic acids is 1. The fraction of sp³-hybridized carbons (Fsp3) is 0.714. The van der Waals surface area contributed by atoms with Gasteiger partial charge in [0.1, 0.15) is 0 Å². The van der Waals surface area contributed by atoms with Crippen LogP contribution < -0.4 is 0 Å². The van der Waals surface area contributed by atoms with Crippen molar-refractivity contribution in [2.45, 2.75) is 59.9 Å². The molecule has 5 heteroatoms. The van der Waals surface area contributed by atoms with Gasteiger partial charge in [-0.25, -0.2) is 0 Å². The second-order valence-electron chi connectivity index (χ2n) is 5.17. The molecule has 0 bridgehead atoms. The van der Waals surface area contributed by atoms with Gasteiger partial charge in [0, 0.05) is 13.0 Å². The van der Waals surface area contributed by atoms with Gasteiger partial charge in [0.05, 0.1) is 21.3 Å². The molecule has 1 unspecified atom stereocenters. The van der Waals surface area contributed by atoms with E-state index >= 15 is 0 Å². The van der Waals surface area contributed by atoms with Crippen molar-refractivity contribution in [2.24, 2.45) is 5.41 Å². The highest BCUT2D eigenvalue weighted by molar-refractivity contribution is 9.10. The molecule has 4 nitrogen and oxygen atoms in total. The normalized spacial score (nSPS) is 14.4. The van der Waals surface area contributed by atoms with Crippen LogP contribution in [0.4, 0.5) is 0 Å². The monoisotopic (exact) mass is 330 g/mol. The second-order valence-corrected chi connectivity index (χ2v) is 5.96. The van der Waals surface area contributed by atoms with Crippen LogP contribution in [0.15, 0.2) is 4.47 Å². The van der Waals surface area contributed by atoms with E-state index in [0.717, 1.165) is 35.2 Å². The molecule has 0 saturated carbocycles. The number of carbonyl (C=O) groups is 1. The molecular formula is C14H23BrN2O2. The quantitative estimate of drug-likeness (QED) is 0.829. The van der Waals surface area contributed by atoms with Crippen molar-refractivity contribution in [3.05, 3.63) is 15.9 Å². The van der Waals surface area contributed by atoms with E-state index in [4.69, 9.17) is 0 Å². The van der Waals surface area contributed by atoms with Crippen molar-refractivity contribution in [3.8, 4) is 0 Å². The highest BCUT2D eigenvalue weighted by atomic mass is 79.9. The predicted octanol–water partition coefficient (Wildman–Crippen LogP) is 3.66. The van der Waals surface area contributed by atoms with Gasteiger partial charge in [0.15, 0.2) is 0 Å². The zero-order chi connectivity index (χ0) is 14.6. The van der Waals surface area contributed by atoms with Crippen LogP contribution >= 0.6 is 15.9 Å². The molecule has 0 radical (unpaired) electrons. The lowest BCUT2D eigenvalue weighted by atomic mass is 9.81. The van der Waals surface area contributed by atoms with Crippen LogP contribution in [0.1, 0.15) is 51.9 Å². The molecule has 0 aliphatic carbocycles. The summed E-state index contributed by atoms with van der Waals surface area (Å²) in [6, 6.07) is 0. The summed E-state index contributed by atoms with van der Waals surface area (Å²) in [5, 5.41) is 14.0. The maximum atomic E-state index is 11.6. The number of nitrogens with zero attached hydrogens (tertiary/aromatic N) is 2. The number of halogens is 1. The lowest BCUT2D eigenvalue weighted by Gasteiger charge is -2.24. The topological polar surface area (TPSA) is 55.1 Å². The zero-order valence-corrected chi connectivity index (χ0v) is 13.7. The van der Waals surface area contributed by atoms with Crippen LogP contribution in [-0.4, -0.2) is 20.9 Å². The van der Waals surface area contributed by atoms with Crippen LogP contribution in [0, 0.1) is 5.41 Å². The molecule has 0 spiro atoms.